The Balaban J connectivity index is 1.89. The first-order chi connectivity index (χ1) is 13.2. The van der Waals surface area contributed by atoms with Crippen LogP contribution in [-0.2, 0) is 10.0 Å². The first kappa shape index (κ1) is 18.6. The van der Waals surface area contributed by atoms with Crippen LogP contribution in [0.5, 0.6) is 0 Å². The van der Waals surface area contributed by atoms with Gasteiger partial charge in [-0.15, -0.1) is 11.3 Å². The number of alkyl halides is 2. The van der Waals surface area contributed by atoms with E-state index in [0.717, 1.165) is 11.3 Å². The van der Waals surface area contributed by atoms with Crippen LogP contribution in [0.1, 0.15) is 12.1 Å². The lowest BCUT2D eigenvalue weighted by atomic mass is 10.3. The van der Waals surface area contributed by atoms with Crippen LogP contribution in [-0.4, -0.2) is 23.2 Å². The van der Waals surface area contributed by atoms with Gasteiger partial charge in [0.2, 0.25) is 10.0 Å². The molecule has 0 unspecified atom stereocenters. The molecule has 0 aliphatic heterocycles. The third-order valence-electron chi connectivity index (χ3n) is 3.95. The maximum atomic E-state index is 14.0. The highest BCUT2D eigenvalue weighted by atomic mass is 32.2. The zero-order valence-corrected chi connectivity index (χ0v) is 15.5. The molecule has 0 saturated heterocycles. The quantitative estimate of drug-likeness (QED) is 0.538. The zero-order chi connectivity index (χ0) is 20.1. The number of nitrogens with zero attached hydrogens (tertiary/aromatic N) is 3. The van der Waals surface area contributed by atoms with Crippen molar-refractivity contribution in [2.24, 2.45) is 5.14 Å². The van der Waals surface area contributed by atoms with E-state index in [0.29, 0.717) is 20.9 Å². The van der Waals surface area contributed by atoms with E-state index in [-0.39, 0.29) is 10.6 Å². The molecular weight excluding hydrogens is 413 g/mol. The van der Waals surface area contributed by atoms with Gasteiger partial charge in [-0.2, -0.15) is 5.10 Å². The minimum Gasteiger partial charge on any atom is -0.234 e. The van der Waals surface area contributed by atoms with Crippen molar-refractivity contribution in [1.29, 1.82) is 0 Å². The van der Waals surface area contributed by atoms with E-state index in [9.17, 15) is 21.6 Å². The van der Waals surface area contributed by atoms with Crippen molar-refractivity contribution in [3.63, 3.8) is 0 Å². The van der Waals surface area contributed by atoms with Gasteiger partial charge in [0.15, 0.2) is 0 Å². The molecule has 0 saturated carbocycles. The van der Waals surface area contributed by atoms with E-state index in [1.807, 2.05) is 0 Å². The van der Waals surface area contributed by atoms with Gasteiger partial charge in [0, 0.05) is 0 Å². The molecule has 2 aromatic carbocycles. The summed E-state index contributed by atoms with van der Waals surface area (Å²) in [5.41, 5.74) is 0.481. The van der Waals surface area contributed by atoms with E-state index >= 15 is 0 Å². The summed E-state index contributed by atoms with van der Waals surface area (Å²) in [6, 6.07) is 10.9. The van der Waals surface area contributed by atoms with Crippen LogP contribution in [0.25, 0.3) is 26.6 Å². The summed E-state index contributed by atoms with van der Waals surface area (Å²) in [4.78, 5) is 4.19. The normalized spacial score (nSPS) is 12.2. The van der Waals surface area contributed by atoms with Crippen LogP contribution in [0.2, 0.25) is 0 Å². The van der Waals surface area contributed by atoms with Gasteiger partial charge in [-0.3, -0.25) is 0 Å². The Morgan fingerprint density at radius 2 is 1.82 bits per heavy atom. The number of fused-ring (bicyclic) bond motifs is 1. The highest BCUT2D eigenvalue weighted by Gasteiger charge is 2.21. The van der Waals surface area contributed by atoms with Crippen molar-refractivity contribution in [3.8, 4) is 16.4 Å². The first-order valence-electron chi connectivity index (χ1n) is 7.81. The maximum absolute atomic E-state index is 14.0. The molecule has 0 amide bonds. The Kier molecular flexibility index (Phi) is 4.44. The monoisotopic (exact) mass is 424 g/mol. The number of halogens is 3. The molecular formula is C17H11F3N4O2S2. The molecule has 11 heteroatoms. The lowest BCUT2D eigenvalue weighted by Gasteiger charge is -2.06. The predicted molar refractivity (Wildman–Crippen MR) is 98.5 cm³/mol. The van der Waals surface area contributed by atoms with Gasteiger partial charge in [0.05, 0.1) is 20.8 Å². The molecule has 2 N–H and O–H groups in total. The molecule has 28 heavy (non-hydrogen) atoms. The topological polar surface area (TPSA) is 90.9 Å². The van der Waals surface area contributed by atoms with Gasteiger partial charge in [-0.25, -0.2) is 36.4 Å². The summed E-state index contributed by atoms with van der Waals surface area (Å²) >= 11 is 1.01. The second-order valence-corrected chi connectivity index (χ2v) is 8.37. The molecule has 2 aromatic heterocycles. The number of hydrogen-bond donors (Lipinski definition) is 1. The lowest BCUT2D eigenvalue weighted by molar-refractivity contribution is 0.145. The number of nitrogens with two attached hydrogens (primary N) is 1. The Hall–Kier alpha value is -2.76. The number of benzene rings is 2. The Morgan fingerprint density at radius 1 is 1.11 bits per heavy atom. The Morgan fingerprint density at radius 3 is 2.43 bits per heavy atom. The molecule has 0 aliphatic rings. The van der Waals surface area contributed by atoms with Crippen LogP contribution >= 0.6 is 11.3 Å². The Labute approximate surface area is 161 Å². The molecule has 0 aliphatic carbocycles. The molecule has 0 fully saturated rings. The number of sulfonamides is 1. The molecule has 6 nitrogen and oxygen atoms in total. The van der Waals surface area contributed by atoms with E-state index in [1.54, 1.807) is 6.07 Å². The van der Waals surface area contributed by atoms with Crippen molar-refractivity contribution >= 4 is 31.6 Å². The van der Waals surface area contributed by atoms with Crippen LogP contribution < -0.4 is 5.14 Å². The number of thiazole rings is 1. The fraction of sp³-hybridized carbons (Fsp3) is 0.0588. The third kappa shape index (κ3) is 3.28. The lowest BCUT2D eigenvalue weighted by Crippen LogP contribution is -2.12. The van der Waals surface area contributed by atoms with Gasteiger partial charge >= 0.3 is 0 Å². The van der Waals surface area contributed by atoms with Gasteiger partial charge in [-0.05, 0) is 42.5 Å². The van der Waals surface area contributed by atoms with Crippen molar-refractivity contribution in [1.82, 2.24) is 14.8 Å². The standard InChI is InChI=1S/C17H11F3N4O2S2/c18-11-2-1-3-12-15(11)27-17(22-12)14-8-13(16(19)20)23-24(14)9-4-6-10(7-5-9)28(21,25)26/h1-8,16H,(H2,21,25,26). The molecule has 4 rings (SSSR count). The fourth-order valence-electron chi connectivity index (χ4n) is 2.66. The third-order valence-corrected chi connectivity index (χ3v) is 5.98. The molecule has 4 aromatic rings. The summed E-state index contributed by atoms with van der Waals surface area (Å²) in [5, 5.41) is 9.27. The van der Waals surface area contributed by atoms with Crippen LogP contribution in [0.15, 0.2) is 53.4 Å². The summed E-state index contributed by atoms with van der Waals surface area (Å²) in [6.07, 6.45) is -2.82. The number of aromatic nitrogens is 3. The van der Waals surface area contributed by atoms with E-state index in [4.69, 9.17) is 5.14 Å². The molecule has 0 atom stereocenters. The first-order valence-corrected chi connectivity index (χ1v) is 10.2. The fourth-order valence-corrected chi connectivity index (χ4v) is 4.14. The highest BCUT2D eigenvalue weighted by molar-refractivity contribution is 7.89. The predicted octanol–water partition coefficient (Wildman–Crippen LogP) is 3.87. The minimum atomic E-state index is -3.90. The smallest absolute Gasteiger partial charge is 0.234 e. The minimum absolute atomic E-state index is 0.124. The van der Waals surface area contributed by atoms with Crippen molar-refractivity contribution in [3.05, 3.63) is 60.0 Å². The average molecular weight is 424 g/mol. The summed E-state index contributed by atoms with van der Waals surface area (Å²) in [6.45, 7) is 0. The largest absolute Gasteiger partial charge is 0.282 e. The van der Waals surface area contributed by atoms with Crippen LogP contribution in [0.3, 0.4) is 0 Å². The van der Waals surface area contributed by atoms with E-state index < -0.39 is 28.0 Å². The summed E-state index contributed by atoms with van der Waals surface area (Å²) in [5.74, 6) is -0.459. The summed E-state index contributed by atoms with van der Waals surface area (Å²) < 4.78 is 64.8. The molecule has 144 valence electrons. The van der Waals surface area contributed by atoms with Crippen molar-refractivity contribution in [2.75, 3.05) is 0 Å². The van der Waals surface area contributed by atoms with Gasteiger partial charge in [0.1, 0.15) is 22.2 Å². The molecule has 2 heterocycles. The SMILES string of the molecule is NS(=O)(=O)c1ccc(-n2nc(C(F)F)cc2-c2nc3cccc(F)c3s2)cc1. The van der Waals surface area contributed by atoms with Gasteiger partial charge in [-0.1, -0.05) is 6.07 Å². The maximum Gasteiger partial charge on any atom is 0.282 e. The second kappa shape index (κ2) is 6.69. The Bertz CT molecular complexity index is 1280. The molecule has 0 spiro atoms. The average Bonchev–Trinajstić information content (AvgIpc) is 3.26. The van der Waals surface area contributed by atoms with Gasteiger partial charge < -0.3 is 0 Å². The zero-order valence-electron chi connectivity index (χ0n) is 13.9. The van der Waals surface area contributed by atoms with Crippen LogP contribution in [0, 0.1) is 5.82 Å². The van der Waals surface area contributed by atoms with E-state index in [1.165, 1.54) is 47.1 Å². The highest BCUT2D eigenvalue weighted by Crippen LogP contribution is 2.34. The molecule has 0 bridgehead atoms. The second-order valence-electron chi connectivity index (χ2n) is 5.81. The van der Waals surface area contributed by atoms with Crippen LogP contribution in [0.4, 0.5) is 13.2 Å². The number of rotatable bonds is 4. The van der Waals surface area contributed by atoms with E-state index in [2.05, 4.69) is 10.1 Å². The molecule has 0 radical (unpaired) electrons. The summed E-state index contributed by atoms with van der Waals surface area (Å²) in [7, 11) is -3.90. The van der Waals surface area contributed by atoms with Crippen molar-refractivity contribution < 1.29 is 21.6 Å². The van der Waals surface area contributed by atoms with Crippen molar-refractivity contribution in [2.45, 2.75) is 11.3 Å². The number of primary sulfonamides is 1. The van der Waals surface area contributed by atoms with Gasteiger partial charge in [0.25, 0.3) is 6.43 Å². The number of hydrogen-bond acceptors (Lipinski definition) is 5.